The van der Waals surface area contributed by atoms with E-state index in [2.05, 4.69) is 9.57 Å². The molecule has 0 aromatic heterocycles. The number of carboxylic acids is 1. The number of carbonyl (C=O) groups is 2. The van der Waals surface area contributed by atoms with Crippen LogP contribution in [0.1, 0.15) is 12.8 Å². The third kappa shape index (κ3) is 8.08. The molecule has 0 spiro atoms. The second-order valence-electron chi connectivity index (χ2n) is 2.81. The smallest absolute Gasteiger partial charge is 0.323 e. The maximum Gasteiger partial charge on any atom is 0.323 e. The molecule has 0 saturated heterocycles. The minimum Gasteiger partial charge on any atom is -0.481 e. The van der Waals surface area contributed by atoms with E-state index < -0.39 is 29.8 Å². The minimum absolute atomic E-state index is 0.0556. The molecule has 9 nitrogen and oxygen atoms in total. The van der Waals surface area contributed by atoms with Gasteiger partial charge in [-0.1, -0.05) is 0 Å². The highest BCUT2D eigenvalue weighted by Crippen LogP contribution is 1.94. The number of esters is 1. The largest absolute Gasteiger partial charge is 0.481 e. The number of carbonyl (C=O) groups excluding carboxylic acids is 1. The first-order chi connectivity index (χ1) is 7.43. The first-order valence-electron chi connectivity index (χ1n) is 4.38. The van der Waals surface area contributed by atoms with Crippen molar-refractivity contribution in [1.29, 1.82) is 0 Å². The standard InChI is InChI=1S/C7H14N2O7/c8-5(4-6(10)11)7(12)15-2-1-3-16-9(13)14/h5,13-14H,1-4,8H2,(H,10,11). The first-order valence-corrected chi connectivity index (χ1v) is 4.38. The van der Waals surface area contributed by atoms with Crippen molar-refractivity contribution in [3.05, 3.63) is 0 Å². The van der Waals surface area contributed by atoms with Crippen LogP contribution in [0.4, 0.5) is 0 Å². The Labute approximate surface area is 90.8 Å². The van der Waals surface area contributed by atoms with Gasteiger partial charge in [-0.25, -0.2) is 0 Å². The van der Waals surface area contributed by atoms with Gasteiger partial charge in [0.1, 0.15) is 6.04 Å². The van der Waals surface area contributed by atoms with Crippen LogP contribution >= 0.6 is 0 Å². The summed E-state index contributed by atoms with van der Waals surface area (Å²) in [4.78, 5) is 25.4. The Balaban J connectivity index is 3.53. The molecular weight excluding hydrogens is 224 g/mol. The van der Waals surface area contributed by atoms with E-state index in [4.69, 9.17) is 21.3 Å². The van der Waals surface area contributed by atoms with Gasteiger partial charge < -0.3 is 15.6 Å². The van der Waals surface area contributed by atoms with Gasteiger partial charge in [-0.2, -0.15) is 0 Å². The summed E-state index contributed by atoms with van der Waals surface area (Å²) in [5.74, 6) is -2.02. The second-order valence-corrected chi connectivity index (χ2v) is 2.81. The average molecular weight is 238 g/mol. The maximum absolute atomic E-state index is 11.0. The summed E-state index contributed by atoms with van der Waals surface area (Å²) in [5, 5.41) is 24.1. The molecular formula is C7H14N2O7. The van der Waals surface area contributed by atoms with E-state index in [1.54, 1.807) is 0 Å². The molecule has 0 aromatic rings. The van der Waals surface area contributed by atoms with Crippen molar-refractivity contribution in [2.45, 2.75) is 18.9 Å². The number of nitrogens with zero attached hydrogens (tertiary/aromatic N) is 1. The van der Waals surface area contributed by atoms with Crippen molar-refractivity contribution in [1.82, 2.24) is 5.39 Å². The molecule has 0 fully saturated rings. The van der Waals surface area contributed by atoms with Crippen LogP contribution in [0.25, 0.3) is 0 Å². The maximum atomic E-state index is 11.0. The molecule has 9 heteroatoms. The van der Waals surface area contributed by atoms with Crippen molar-refractivity contribution in [3.63, 3.8) is 0 Å². The van der Waals surface area contributed by atoms with Gasteiger partial charge >= 0.3 is 11.9 Å². The van der Waals surface area contributed by atoms with Gasteiger partial charge in [0.15, 0.2) is 0 Å². The normalized spacial score (nSPS) is 12.5. The quantitative estimate of drug-likeness (QED) is 0.231. The van der Waals surface area contributed by atoms with Crippen LogP contribution in [0, 0.1) is 0 Å². The fourth-order valence-corrected chi connectivity index (χ4v) is 0.756. The number of hydrogen-bond acceptors (Lipinski definition) is 8. The SMILES string of the molecule is NC(CC(=O)O)C(=O)OCCCON(O)O. The molecule has 0 aliphatic heterocycles. The summed E-state index contributed by atoms with van der Waals surface area (Å²) in [7, 11) is 0. The van der Waals surface area contributed by atoms with E-state index in [1.807, 2.05) is 0 Å². The van der Waals surface area contributed by atoms with Crippen LogP contribution < -0.4 is 5.73 Å². The minimum atomic E-state index is -1.20. The van der Waals surface area contributed by atoms with Gasteiger partial charge in [0.05, 0.1) is 25.0 Å². The van der Waals surface area contributed by atoms with Gasteiger partial charge in [0.2, 0.25) is 0 Å². The van der Waals surface area contributed by atoms with Crippen LogP contribution in [0.15, 0.2) is 0 Å². The van der Waals surface area contributed by atoms with Crippen molar-refractivity contribution in [2.24, 2.45) is 5.73 Å². The molecule has 1 unspecified atom stereocenters. The monoisotopic (exact) mass is 238 g/mol. The average Bonchev–Trinajstić information content (AvgIpc) is 2.15. The van der Waals surface area contributed by atoms with E-state index in [0.29, 0.717) is 0 Å². The lowest BCUT2D eigenvalue weighted by molar-refractivity contribution is -0.492. The number of carboxylic acid groups (broad SMARTS) is 1. The molecule has 0 radical (unpaired) electrons. The Hall–Kier alpha value is -1.26. The van der Waals surface area contributed by atoms with Crippen LogP contribution in [-0.4, -0.2) is 52.1 Å². The van der Waals surface area contributed by atoms with Gasteiger partial charge in [0.25, 0.3) is 0 Å². The third-order valence-corrected chi connectivity index (χ3v) is 1.44. The van der Waals surface area contributed by atoms with Crippen molar-refractivity contribution in [3.8, 4) is 0 Å². The highest BCUT2D eigenvalue weighted by Gasteiger charge is 2.18. The lowest BCUT2D eigenvalue weighted by Gasteiger charge is -2.09. The molecule has 0 saturated carbocycles. The van der Waals surface area contributed by atoms with Crippen LogP contribution in [0.2, 0.25) is 0 Å². The lowest BCUT2D eigenvalue weighted by Crippen LogP contribution is -2.34. The third-order valence-electron chi connectivity index (χ3n) is 1.44. The summed E-state index contributed by atoms with van der Waals surface area (Å²) in [6.07, 6.45) is -0.292. The first kappa shape index (κ1) is 14.7. The van der Waals surface area contributed by atoms with Gasteiger partial charge in [0, 0.05) is 6.42 Å². The number of rotatable bonds is 8. The molecule has 0 rings (SSSR count). The molecule has 5 N–H and O–H groups in total. The Morgan fingerprint density at radius 1 is 1.31 bits per heavy atom. The van der Waals surface area contributed by atoms with Crippen molar-refractivity contribution < 1.29 is 34.7 Å². The molecule has 1 atom stereocenters. The van der Waals surface area contributed by atoms with E-state index in [9.17, 15) is 9.59 Å². The van der Waals surface area contributed by atoms with E-state index in [-0.39, 0.29) is 19.6 Å². The van der Waals surface area contributed by atoms with Crippen molar-refractivity contribution >= 4 is 11.9 Å². The zero-order valence-corrected chi connectivity index (χ0v) is 8.40. The van der Waals surface area contributed by atoms with E-state index in [1.165, 1.54) is 0 Å². The predicted octanol–water partition coefficient (Wildman–Crippen LogP) is -1.27. The highest BCUT2D eigenvalue weighted by molar-refractivity contribution is 5.81. The fraction of sp³-hybridized carbons (Fsp3) is 0.714. The molecule has 0 amide bonds. The van der Waals surface area contributed by atoms with E-state index >= 15 is 0 Å². The fourth-order valence-electron chi connectivity index (χ4n) is 0.756. The van der Waals surface area contributed by atoms with Crippen LogP contribution in [0.5, 0.6) is 0 Å². The number of hydrogen-bond donors (Lipinski definition) is 4. The summed E-state index contributed by atoms with van der Waals surface area (Å²) < 4.78 is 4.60. The molecule has 0 aromatic carbocycles. The molecule has 16 heavy (non-hydrogen) atoms. The number of aliphatic carboxylic acids is 1. The number of nitrogens with two attached hydrogens (primary N) is 1. The summed E-state index contributed by atoms with van der Waals surface area (Å²) in [6.45, 7) is -0.131. The molecule has 0 heterocycles. The summed E-state index contributed by atoms with van der Waals surface area (Å²) in [6, 6.07) is -1.20. The predicted molar refractivity (Wildman–Crippen MR) is 47.2 cm³/mol. The molecule has 94 valence electrons. The zero-order chi connectivity index (χ0) is 12.6. The van der Waals surface area contributed by atoms with Crippen LogP contribution in [0.3, 0.4) is 0 Å². The molecule has 0 aliphatic carbocycles. The zero-order valence-electron chi connectivity index (χ0n) is 8.40. The Morgan fingerprint density at radius 2 is 1.94 bits per heavy atom. The van der Waals surface area contributed by atoms with E-state index in [0.717, 1.165) is 0 Å². The molecule has 0 aliphatic rings. The Kier molecular flexibility index (Phi) is 7.33. The summed E-state index contributed by atoms with van der Waals surface area (Å²) in [5.41, 5.74) is 5.21. The van der Waals surface area contributed by atoms with Crippen LogP contribution in [-0.2, 0) is 19.2 Å². The number of ether oxygens (including phenoxy) is 1. The second kappa shape index (κ2) is 7.96. The van der Waals surface area contributed by atoms with Gasteiger partial charge in [-0.15, -0.1) is 0 Å². The van der Waals surface area contributed by atoms with Gasteiger partial charge in [-0.3, -0.25) is 24.8 Å². The highest BCUT2D eigenvalue weighted by atomic mass is 17.1. The Morgan fingerprint density at radius 3 is 2.44 bits per heavy atom. The van der Waals surface area contributed by atoms with Crippen molar-refractivity contribution in [2.75, 3.05) is 13.2 Å². The Bertz CT molecular complexity index is 233. The molecule has 0 bridgehead atoms. The topological polar surface area (TPSA) is 143 Å². The lowest BCUT2D eigenvalue weighted by atomic mass is 10.2. The van der Waals surface area contributed by atoms with Gasteiger partial charge in [-0.05, 0) is 0 Å². The summed E-state index contributed by atoms with van der Waals surface area (Å²) >= 11 is 0.